The van der Waals surface area contributed by atoms with Crippen molar-refractivity contribution < 1.29 is 8.42 Å². The van der Waals surface area contributed by atoms with Crippen molar-refractivity contribution in [2.75, 3.05) is 26.7 Å². The highest BCUT2D eigenvalue weighted by Gasteiger charge is 2.23. The molecule has 0 aromatic heterocycles. The zero-order chi connectivity index (χ0) is 13.4. The van der Waals surface area contributed by atoms with Gasteiger partial charge >= 0.3 is 0 Å². The minimum Gasteiger partial charge on any atom is -0.317 e. The lowest BCUT2D eigenvalue weighted by molar-refractivity contribution is 0.388. The maximum Gasteiger partial charge on any atom is 0.279 e. The van der Waals surface area contributed by atoms with Crippen molar-refractivity contribution in [3.05, 3.63) is 0 Å². The summed E-state index contributed by atoms with van der Waals surface area (Å²) in [6.07, 6.45) is 6.30. The summed E-state index contributed by atoms with van der Waals surface area (Å²) in [6.45, 7) is 4.40. The summed E-state index contributed by atoms with van der Waals surface area (Å²) in [5.41, 5.74) is 0. The minimum atomic E-state index is -3.29. The first-order chi connectivity index (χ1) is 8.56. The van der Waals surface area contributed by atoms with Crippen LogP contribution in [-0.2, 0) is 10.2 Å². The van der Waals surface area contributed by atoms with Crippen molar-refractivity contribution in [3.8, 4) is 0 Å². The van der Waals surface area contributed by atoms with Gasteiger partial charge in [-0.1, -0.05) is 26.2 Å². The SMILES string of the molecule is CCNCCCN(C)S(=O)(=O)NC1CCCCC1. The van der Waals surface area contributed by atoms with E-state index in [1.165, 1.54) is 10.7 Å². The molecule has 1 saturated carbocycles. The Morgan fingerprint density at radius 3 is 2.50 bits per heavy atom. The molecule has 108 valence electrons. The largest absolute Gasteiger partial charge is 0.317 e. The molecule has 1 fully saturated rings. The van der Waals surface area contributed by atoms with Gasteiger partial charge in [-0.3, -0.25) is 0 Å². The highest BCUT2D eigenvalue weighted by Crippen LogP contribution is 2.18. The Balaban J connectivity index is 2.31. The molecule has 1 rings (SSSR count). The second-order valence-corrected chi connectivity index (χ2v) is 6.80. The van der Waals surface area contributed by atoms with E-state index in [0.717, 1.165) is 45.2 Å². The molecule has 0 radical (unpaired) electrons. The molecule has 0 aromatic rings. The maximum atomic E-state index is 12.1. The molecule has 0 aromatic carbocycles. The fourth-order valence-corrected chi connectivity index (χ4v) is 3.45. The standard InChI is InChI=1S/C12H27N3O2S/c1-3-13-10-7-11-15(2)18(16,17)14-12-8-5-4-6-9-12/h12-14H,3-11H2,1-2H3. The van der Waals surface area contributed by atoms with Crippen LogP contribution in [0.3, 0.4) is 0 Å². The van der Waals surface area contributed by atoms with E-state index < -0.39 is 10.2 Å². The molecule has 18 heavy (non-hydrogen) atoms. The Kier molecular flexibility index (Phi) is 7.14. The lowest BCUT2D eigenvalue weighted by atomic mass is 9.96. The quantitative estimate of drug-likeness (QED) is 0.653. The first kappa shape index (κ1) is 15.9. The molecule has 2 N–H and O–H groups in total. The van der Waals surface area contributed by atoms with Crippen LogP contribution in [0.2, 0.25) is 0 Å². The molecule has 0 atom stereocenters. The second kappa shape index (κ2) is 8.09. The van der Waals surface area contributed by atoms with Gasteiger partial charge in [-0.2, -0.15) is 17.4 Å². The summed E-state index contributed by atoms with van der Waals surface area (Å²) >= 11 is 0. The van der Waals surface area contributed by atoms with Gasteiger partial charge in [-0.15, -0.1) is 0 Å². The third-order valence-corrected chi connectivity index (χ3v) is 5.04. The Labute approximate surface area is 112 Å². The lowest BCUT2D eigenvalue weighted by Gasteiger charge is -2.25. The van der Waals surface area contributed by atoms with Gasteiger partial charge < -0.3 is 5.32 Å². The zero-order valence-corrected chi connectivity index (χ0v) is 12.4. The number of nitrogens with one attached hydrogen (secondary N) is 2. The molecule has 5 nitrogen and oxygen atoms in total. The summed E-state index contributed by atoms with van der Waals surface area (Å²) < 4.78 is 28.4. The molecule has 0 bridgehead atoms. The first-order valence-electron chi connectivity index (χ1n) is 7.00. The average molecular weight is 277 g/mol. The second-order valence-electron chi connectivity index (χ2n) is 4.99. The average Bonchev–Trinajstić information content (AvgIpc) is 2.35. The van der Waals surface area contributed by atoms with E-state index in [2.05, 4.69) is 10.0 Å². The van der Waals surface area contributed by atoms with Crippen LogP contribution >= 0.6 is 0 Å². The highest BCUT2D eigenvalue weighted by molar-refractivity contribution is 7.87. The fraction of sp³-hybridized carbons (Fsp3) is 1.00. The minimum absolute atomic E-state index is 0.139. The van der Waals surface area contributed by atoms with Crippen LogP contribution in [-0.4, -0.2) is 45.4 Å². The molecule has 0 unspecified atom stereocenters. The van der Waals surface area contributed by atoms with Crippen molar-refractivity contribution in [1.29, 1.82) is 0 Å². The summed E-state index contributed by atoms with van der Waals surface area (Å²) in [7, 11) is -1.64. The van der Waals surface area contributed by atoms with Crippen molar-refractivity contribution in [1.82, 2.24) is 14.3 Å². The van der Waals surface area contributed by atoms with Crippen LogP contribution in [0.4, 0.5) is 0 Å². The van der Waals surface area contributed by atoms with Gasteiger partial charge in [0.1, 0.15) is 0 Å². The normalized spacial score (nSPS) is 18.4. The van der Waals surface area contributed by atoms with Gasteiger partial charge in [-0.25, -0.2) is 0 Å². The van der Waals surface area contributed by atoms with E-state index in [9.17, 15) is 8.42 Å². The molecule has 0 heterocycles. The monoisotopic (exact) mass is 277 g/mol. The Morgan fingerprint density at radius 2 is 1.89 bits per heavy atom. The van der Waals surface area contributed by atoms with Gasteiger partial charge in [0.2, 0.25) is 0 Å². The molecule has 6 heteroatoms. The number of hydrogen-bond donors (Lipinski definition) is 2. The smallest absolute Gasteiger partial charge is 0.279 e. The Morgan fingerprint density at radius 1 is 1.22 bits per heavy atom. The predicted molar refractivity (Wildman–Crippen MR) is 74.7 cm³/mol. The van der Waals surface area contributed by atoms with Gasteiger partial charge in [0.25, 0.3) is 10.2 Å². The van der Waals surface area contributed by atoms with E-state index in [4.69, 9.17) is 0 Å². The molecular weight excluding hydrogens is 250 g/mol. The topological polar surface area (TPSA) is 61.4 Å². The van der Waals surface area contributed by atoms with Crippen molar-refractivity contribution in [2.24, 2.45) is 0 Å². The molecule has 1 aliphatic carbocycles. The van der Waals surface area contributed by atoms with Crippen LogP contribution in [0.5, 0.6) is 0 Å². The van der Waals surface area contributed by atoms with Gasteiger partial charge in [0.15, 0.2) is 0 Å². The fourth-order valence-electron chi connectivity index (χ4n) is 2.24. The van der Waals surface area contributed by atoms with E-state index >= 15 is 0 Å². The Hall–Kier alpha value is -0.170. The zero-order valence-electron chi connectivity index (χ0n) is 11.6. The van der Waals surface area contributed by atoms with Crippen LogP contribution in [0, 0.1) is 0 Å². The van der Waals surface area contributed by atoms with Crippen molar-refractivity contribution in [3.63, 3.8) is 0 Å². The molecule has 0 aliphatic heterocycles. The van der Waals surface area contributed by atoms with Crippen LogP contribution in [0.1, 0.15) is 45.4 Å². The molecule has 1 aliphatic rings. The third kappa shape index (κ3) is 5.65. The molecule has 0 saturated heterocycles. The summed E-state index contributed by atoms with van der Waals surface area (Å²) in [5.74, 6) is 0. The summed E-state index contributed by atoms with van der Waals surface area (Å²) in [6, 6.07) is 0.139. The van der Waals surface area contributed by atoms with Gasteiger partial charge in [0.05, 0.1) is 0 Å². The maximum absolute atomic E-state index is 12.1. The molecular formula is C12H27N3O2S. The van der Waals surface area contributed by atoms with Gasteiger partial charge in [-0.05, 0) is 32.4 Å². The van der Waals surface area contributed by atoms with Crippen molar-refractivity contribution >= 4 is 10.2 Å². The van der Waals surface area contributed by atoms with Crippen LogP contribution in [0.25, 0.3) is 0 Å². The Bertz CT molecular complexity index is 313. The van der Waals surface area contributed by atoms with Crippen molar-refractivity contribution in [2.45, 2.75) is 51.5 Å². The number of hydrogen-bond acceptors (Lipinski definition) is 3. The van der Waals surface area contributed by atoms with Gasteiger partial charge in [0, 0.05) is 19.6 Å². The molecule has 0 spiro atoms. The molecule has 0 amide bonds. The third-order valence-electron chi connectivity index (χ3n) is 3.41. The summed E-state index contributed by atoms with van der Waals surface area (Å²) in [5, 5.41) is 3.19. The predicted octanol–water partition coefficient (Wildman–Crippen LogP) is 1.08. The highest BCUT2D eigenvalue weighted by atomic mass is 32.2. The van der Waals surface area contributed by atoms with E-state index in [1.807, 2.05) is 6.92 Å². The van der Waals surface area contributed by atoms with E-state index in [-0.39, 0.29) is 6.04 Å². The lowest BCUT2D eigenvalue weighted by Crippen LogP contribution is -2.45. The summed E-state index contributed by atoms with van der Waals surface area (Å²) in [4.78, 5) is 0. The van der Waals surface area contributed by atoms with Crippen LogP contribution < -0.4 is 10.0 Å². The van der Waals surface area contributed by atoms with E-state index in [0.29, 0.717) is 6.54 Å². The first-order valence-corrected chi connectivity index (χ1v) is 8.44. The number of nitrogens with zero attached hydrogens (tertiary/aromatic N) is 1. The van der Waals surface area contributed by atoms with Crippen LogP contribution in [0.15, 0.2) is 0 Å². The van der Waals surface area contributed by atoms with E-state index in [1.54, 1.807) is 7.05 Å². The number of rotatable bonds is 8.